The zero-order valence-corrected chi connectivity index (χ0v) is 17.8. The van der Waals surface area contributed by atoms with Crippen LogP contribution in [0.5, 0.6) is 0 Å². The van der Waals surface area contributed by atoms with Gasteiger partial charge >= 0.3 is 0 Å². The van der Waals surface area contributed by atoms with E-state index in [0.29, 0.717) is 0 Å². The zero-order valence-electron chi connectivity index (χ0n) is 16.2. The summed E-state index contributed by atoms with van der Waals surface area (Å²) >= 11 is 11.9. The van der Waals surface area contributed by atoms with E-state index in [1.54, 1.807) is 0 Å². The predicted octanol–water partition coefficient (Wildman–Crippen LogP) is 3.04. The van der Waals surface area contributed by atoms with E-state index in [2.05, 4.69) is 48.1 Å². The number of nitrogens with one attached hydrogen (secondary N) is 1. The van der Waals surface area contributed by atoms with Crippen LogP contribution in [0.2, 0.25) is 5.02 Å². The third kappa shape index (κ3) is 3.99. The number of hydrogen-bond donors (Lipinski definition) is 1. The van der Waals surface area contributed by atoms with Crippen LogP contribution in [0.4, 0.5) is 5.69 Å². The lowest BCUT2D eigenvalue weighted by molar-refractivity contribution is -0.924. The second kappa shape index (κ2) is 8.07. The molecule has 1 N–H and O–H groups in total. The molecule has 3 aromatic rings. The first-order valence-corrected chi connectivity index (χ1v) is 10.4. The van der Waals surface area contributed by atoms with E-state index >= 15 is 0 Å². The normalized spacial score (nSPS) is 15.2. The van der Waals surface area contributed by atoms with E-state index in [0.717, 1.165) is 48.3 Å². The number of hydrogen-bond acceptors (Lipinski definition) is 3. The fourth-order valence-electron chi connectivity index (χ4n) is 3.71. The molecule has 1 aliphatic rings. The highest BCUT2D eigenvalue weighted by molar-refractivity contribution is 7.71. The van der Waals surface area contributed by atoms with Gasteiger partial charge in [0.05, 0.1) is 31.9 Å². The molecule has 146 valence electrons. The van der Waals surface area contributed by atoms with E-state index < -0.39 is 0 Å². The van der Waals surface area contributed by atoms with Crippen LogP contribution < -0.4 is 9.80 Å². The van der Waals surface area contributed by atoms with Gasteiger partial charge in [0.1, 0.15) is 6.33 Å². The molecular formula is C21H25ClN5S+. The molecule has 0 bridgehead atoms. The van der Waals surface area contributed by atoms with Crippen molar-refractivity contribution in [1.29, 1.82) is 0 Å². The minimum Gasteiger partial charge on any atom is -0.360 e. The summed E-state index contributed by atoms with van der Waals surface area (Å²) in [5.74, 6) is 0. The second-order valence-corrected chi connectivity index (χ2v) is 8.25. The highest BCUT2D eigenvalue weighted by Gasteiger charge is 2.21. The van der Waals surface area contributed by atoms with Crippen LogP contribution in [0.3, 0.4) is 0 Å². The van der Waals surface area contributed by atoms with Crippen molar-refractivity contribution in [3.8, 4) is 5.69 Å². The Balaban J connectivity index is 1.44. The lowest BCUT2D eigenvalue weighted by Crippen LogP contribution is -3.14. The average Bonchev–Trinajstić information content (AvgIpc) is 3.04. The van der Waals surface area contributed by atoms with Crippen LogP contribution in [0.25, 0.3) is 5.69 Å². The lowest BCUT2D eigenvalue weighted by atomic mass is 10.1. The number of aryl methyl sites for hydroxylation is 2. The topological polar surface area (TPSA) is 30.4 Å². The highest BCUT2D eigenvalue weighted by Crippen LogP contribution is 2.19. The van der Waals surface area contributed by atoms with Crippen molar-refractivity contribution in [2.24, 2.45) is 0 Å². The summed E-state index contributed by atoms with van der Waals surface area (Å²) in [6.45, 7) is 9.09. The molecule has 0 aliphatic carbocycles. The number of anilines is 1. The molecule has 5 nitrogen and oxygen atoms in total. The predicted molar refractivity (Wildman–Crippen MR) is 116 cm³/mol. The van der Waals surface area contributed by atoms with Crippen molar-refractivity contribution >= 4 is 29.5 Å². The molecule has 0 radical (unpaired) electrons. The number of piperazine rings is 1. The van der Waals surface area contributed by atoms with Crippen LogP contribution in [0.1, 0.15) is 11.1 Å². The van der Waals surface area contributed by atoms with Gasteiger partial charge in [-0.05, 0) is 61.5 Å². The minimum absolute atomic E-state index is 0.749. The SMILES string of the molecule is Cc1ccc(C)c(-n2cnn(C[NH+]3CCN(c4cccc(Cl)c4)CC3)c2=S)c1. The van der Waals surface area contributed by atoms with Gasteiger partial charge < -0.3 is 9.80 Å². The van der Waals surface area contributed by atoms with Crippen LogP contribution >= 0.6 is 23.8 Å². The molecule has 1 aromatic heterocycles. The smallest absolute Gasteiger partial charge is 0.207 e. The number of quaternary nitrogens is 1. The highest BCUT2D eigenvalue weighted by atomic mass is 35.5. The number of aromatic nitrogens is 3. The van der Waals surface area contributed by atoms with Crippen molar-refractivity contribution in [2.45, 2.75) is 20.5 Å². The summed E-state index contributed by atoms with van der Waals surface area (Å²) < 4.78 is 4.71. The Morgan fingerprint density at radius 3 is 2.64 bits per heavy atom. The summed E-state index contributed by atoms with van der Waals surface area (Å²) in [6, 6.07) is 14.5. The molecule has 2 aromatic carbocycles. The quantitative estimate of drug-likeness (QED) is 0.665. The van der Waals surface area contributed by atoms with E-state index in [1.807, 2.05) is 33.8 Å². The van der Waals surface area contributed by atoms with Gasteiger partial charge in [0.25, 0.3) is 0 Å². The Morgan fingerprint density at radius 2 is 1.89 bits per heavy atom. The van der Waals surface area contributed by atoms with Gasteiger partial charge in [0, 0.05) is 10.7 Å². The van der Waals surface area contributed by atoms with Gasteiger partial charge in [-0.2, -0.15) is 9.78 Å². The maximum Gasteiger partial charge on any atom is 0.207 e. The zero-order chi connectivity index (χ0) is 19.7. The number of benzene rings is 2. The fraction of sp³-hybridized carbons (Fsp3) is 0.333. The Kier molecular flexibility index (Phi) is 5.53. The third-order valence-corrected chi connectivity index (χ3v) is 6.02. The molecule has 0 spiro atoms. The van der Waals surface area contributed by atoms with Gasteiger partial charge in [0.15, 0.2) is 6.67 Å². The molecule has 0 amide bonds. The Hall–Kier alpha value is -2.15. The second-order valence-electron chi connectivity index (χ2n) is 7.45. The molecular weight excluding hydrogens is 390 g/mol. The largest absolute Gasteiger partial charge is 0.360 e. The molecule has 4 rings (SSSR count). The summed E-state index contributed by atoms with van der Waals surface area (Å²) in [7, 11) is 0. The summed E-state index contributed by atoms with van der Waals surface area (Å²) in [6.07, 6.45) is 1.84. The van der Waals surface area contributed by atoms with Crippen molar-refractivity contribution < 1.29 is 4.90 Å². The molecule has 28 heavy (non-hydrogen) atoms. The minimum atomic E-state index is 0.749. The van der Waals surface area contributed by atoms with Gasteiger partial charge in [-0.1, -0.05) is 29.8 Å². The monoisotopic (exact) mass is 414 g/mol. The van der Waals surface area contributed by atoms with Gasteiger partial charge in [-0.3, -0.25) is 4.57 Å². The van der Waals surface area contributed by atoms with Gasteiger partial charge in [-0.15, -0.1) is 0 Å². The molecule has 0 saturated carbocycles. The standard InChI is InChI=1S/C21H24ClN5S/c1-16-6-7-17(2)20(12-16)26-14-23-27(21(26)28)15-24-8-10-25(11-9-24)19-5-3-4-18(22)13-19/h3-7,12-14H,8-11,15H2,1-2H3/p+1. The first kappa shape index (κ1) is 19.2. The third-order valence-electron chi connectivity index (χ3n) is 5.37. The van der Waals surface area contributed by atoms with Crippen molar-refractivity contribution in [1.82, 2.24) is 14.3 Å². The summed E-state index contributed by atoms with van der Waals surface area (Å²) in [5.41, 5.74) is 4.72. The van der Waals surface area contributed by atoms with E-state index in [4.69, 9.17) is 23.8 Å². The van der Waals surface area contributed by atoms with Gasteiger partial charge in [0.2, 0.25) is 4.77 Å². The van der Waals surface area contributed by atoms with Crippen molar-refractivity contribution in [3.63, 3.8) is 0 Å². The molecule has 0 unspecified atom stereocenters. The van der Waals surface area contributed by atoms with Gasteiger partial charge in [-0.25, -0.2) is 0 Å². The van der Waals surface area contributed by atoms with Crippen molar-refractivity contribution in [3.05, 3.63) is 69.7 Å². The molecule has 1 fully saturated rings. The van der Waals surface area contributed by atoms with Crippen LogP contribution in [0, 0.1) is 18.6 Å². The summed E-state index contributed by atoms with van der Waals surface area (Å²) in [5, 5.41) is 5.36. The number of halogens is 1. The van der Waals surface area contributed by atoms with Crippen LogP contribution in [-0.4, -0.2) is 40.5 Å². The first-order chi connectivity index (χ1) is 13.5. The lowest BCUT2D eigenvalue weighted by Gasteiger charge is -2.33. The Bertz CT molecular complexity index is 1030. The van der Waals surface area contributed by atoms with E-state index in [1.165, 1.54) is 21.7 Å². The maximum atomic E-state index is 6.13. The fourth-order valence-corrected chi connectivity index (χ4v) is 4.16. The van der Waals surface area contributed by atoms with Crippen LogP contribution in [0.15, 0.2) is 48.8 Å². The number of rotatable bonds is 4. The molecule has 0 atom stereocenters. The average molecular weight is 415 g/mol. The van der Waals surface area contributed by atoms with Crippen molar-refractivity contribution in [2.75, 3.05) is 31.1 Å². The molecule has 7 heteroatoms. The van der Waals surface area contributed by atoms with Crippen LogP contribution in [-0.2, 0) is 6.67 Å². The molecule has 1 aliphatic heterocycles. The molecule has 2 heterocycles. The maximum absolute atomic E-state index is 6.13. The Labute approximate surface area is 175 Å². The summed E-state index contributed by atoms with van der Waals surface area (Å²) in [4.78, 5) is 3.88. The van der Waals surface area contributed by atoms with E-state index in [9.17, 15) is 0 Å². The number of nitrogens with zero attached hydrogens (tertiary/aromatic N) is 4. The first-order valence-electron chi connectivity index (χ1n) is 9.57. The molecule has 1 saturated heterocycles. The Morgan fingerprint density at radius 1 is 1.11 bits per heavy atom. The van der Waals surface area contributed by atoms with E-state index in [-0.39, 0.29) is 0 Å².